The Hall–Kier alpha value is -1.76. The normalized spacial score (nSPS) is 11.5. The van der Waals surface area contributed by atoms with E-state index in [-0.39, 0.29) is 26.6 Å². The summed E-state index contributed by atoms with van der Waals surface area (Å²) in [5.74, 6) is -0.587. The van der Waals surface area contributed by atoms with Crippen molar-refractivity contribution in [3.05, 3.63) is 44.9 Å². The highest BCUT2D eigenvalue weighted by molar-refractivity contribution is 6.45. The summed E-state index contributed by atoms with van der Waals surface area (Å²) in [4.78, 5) is 17.6. The smallest absolute Gasteiger partial charge is 0.337 e. The summed E-state index contributed by atoms with van der Waals surface area (Å²) in [6.07, 6.45) is 1.75. The van der Waals surface area contributed by atoms with Gasteiger partial charge in [0.15, 0.2) is 0 Å². The summed E-state index contributed by atoms with van der Waals surface area (Å²) in [6, 6.07) is 3.64. The summed E-state index contributed by atoms with van der Waals surface area (Å²) in [6.45, 7) is 1.74. The monoisotopic (exact) mass is 346 g/mol. The summed E-state index contributed by atoms with van der Waals surface area (Å²) in [5, 5.41) is 4.02. The third-order valence-corrected chi connectivity index (χ3v) is 3.83. The van der Waals surface area contributed by atoms with Crippen molar-refractivity contribution in [2.45, 2.75) is 6.92 Å². The molecule has 5 N–H and O–H groups in total. The van der Waals surface area contributed by atoms with Crippen LogP contribution in [0.2, 0.25) is 15.2 Å². The van der Waals surface area contributed by atoms with Crippen LogP contribution >= 0.6 is 34.8 Å². The van der Waals surface area contributed by atoms with Crippen LogP contribution in [-0.4, -0.2) is 16.6 Å². The quantitative estimate of drug-likeness (QED) is 0.452. The van der Waals surface area contributed by atoms with Crippen molar-refractivity contribution in [2.75, 3.05) is 5.73 Å². The number of anilines is 1. The van der Waals surface area contributed by atoms with Crippen molar-refractivity contribution >= 4 is 52.1 Å². The zero-order chi connectivity index (χ0) is 15.6. The van der Waals surface area contributed by atoms with Gasteiger partial charge in [-0.05, 0) is 30.7 Å². The van der Waals surface area contributed by atoms with E-state index >= 15 is 0 Å². The number of aromatic amines is 2. The first-order valence-electron chi connectivity index (χ1n) is 5.75. The number of H-pyrrole nitrogens is 2. The van der Waals surface area contributed by atoms with Crippen LogP contribution in [0.4, 0.5) is 5.69 Å². The van der Waals surface area contributed by atoms with Gasteiger partial charge in [0.05, 0.1) is 17.1 Å². The predicted octanol–water partition coefficient (Wildman–Crippen LogP) is 2.53. The molecule has 0 spiro atoms. The second-order valence-corrected chi connectivity index (χ2v) is 5.21. The lowest BCUT2D eigenvalue weighted by Gasteiger charge is -2.03. The molecule has 2 rings (SSSR count). The molecule has 2 aromatic rings. The van der Waals surface area contributed by atoms with Gasteiger partial charge in [0.25, 0.3) is 10.8 Å². The molecule has 2 aromatic heterocycles. The van der Waals surface area contributed by atoms with E-state index in [1.807, 2.05) is 12.1 Å². The number of halogens is 3. The van der Waals surface area contributed by atoms with Gasteiger partial charge in [-0.3, -0.25) is 4.79 Å². The van der Waals surface area contributed by atoms with Gasteiger partial charge in [-0.25, -0.2) is 5.43 Å². The number of pyridine rings is 1. The molecular weight excluding hydrogens is 337 g/mol. The van der Waals surface area contributed by atoms with Gasteiger partial charge in [0.2, 0.25) is 0 Å². The number of nitrogen functional groups attached to an aromatic ring is 1. The Labute approximate surface area is 135 Å². The Balaban J connectivity index is 2.24. The van der Waals surface area contributed by atoms with Gasteiger partial charge in [-0.1, -0.05) is 23.2 Å². The fourth-order valence-electron chi connectivity index (χ4n) is 1.53. The van der Waals surface area contributed by atoms with Gasteiger partial charge >= 0.3 is 5.91 Å². The molecule has 0 atom stereocenters. The maximum absolute atomic E-state index is 12.1. The Morgan fingerprint density at radius 2 is 2.10 bits per heavy atom. The number of aromatic nitrogens is 2. The van der Waals surface area contributed by atoms with Crippen molar-refractivity contribution in [3.63, 3.8) is 0 Å². The molecule has 0 aliphatic rings. The molecule has 0 bridgehead atoms. The number of hydrogen-bond donors (Lipinski definition) is 3. The van der Waals surface area contributed by atoms with Crippen molar-refractivity contribution < 1.29 is 9.78 Å². The molecule has 0 saturated heterocycles. The van der Waals surface area contributed by atoms with E-state index in [1.165, 1.54) is 0 Å². The van der Waals surface area contributed by atoms with Crippen LogP contribution < -0.4 is 16.1 Å². The molecule has 1 amide bonds. The van der Waals surface area contributed by atoms with Gasteiger partial charge in [-0.2, -0.15) is 10.1 Å². The summed E-state index contributed by atoms with van der Waals surface area (Å²) in [7, 11) is 0. The predicted molar refractivity (Wildman–Crippen MR) is 82.9 cm³/mol. The molecule has 0 saturated carbocycles. The van der Waals surface area contributed by atoms with Crippen molar-refractivity contribution in [1.82, 2.24) is 10.4 Å². The van der Waals surface area contributed by atoms with E-state index in [9.17, 15) is 4.79 Å². The highest BCUT2D eigenvalue weighted by atomic mass is 35.5. The van der Waals surface area contributed by atoms with E-state index in [1.54, 1.807) is 13.1 Å². The second-order valence-electron chi connectivity index (χ2n) is 4.08. The fraction of sp³-hybridized carbons (Fsp3) is 0.0833. The number of nitrogens with one attached hydrogen (secondary N) is 3. The number of rotatable bonds is 3. The number of nitrogens with zero attached hydrogens (tertiary/aromatic N) is 1. The van der Waals surface area contributed by atoms with Gasteiger partial charge in [0.1, 0.15) is 10.0 Å². The van der Waals surface area contributed by atoms with E-state index in [4.69, 9.17) is 40.5 Å². The standard InChI is InChI=1S/C12H10Cl3N5O/c1-5(6-3-2-4-17-6)19-20-12(21)10-7(13)9(16)8(14)11(15)18-10/h2-4,17H,1H3,(H2,16,18)(H,20,21)/p+1/b19-5+. The van der Waals surface area contributed by atoms with Crippen LogP contribution in [0.1, 0.15) is 23.1 Å². The van der Waals surface area contributed by atoms with Gasteiger partial charge in [0, 0.05) is 6.20 Å². The molecule has 110 valence electrons. The molecular formula is C12H11Cl3N5O+. The molecule has 0 radical (unpaired) electrons. The molecule has 21 heavy (non-hydrogen) atoms. The zero-order valence-corrected chi connectivity index (χ0v) is 13.1. The van der Waals surface area contributed by atoms with Crippen molar-refractivity contribution in [3.8, 4) is 0 Å². The van der Waals surface area contributed by atoms with E-state index in [0.29, 0.717) is 5.71 Å². The summed E-state index contributed by atoms with van der Waals surface area (Å²) in [5.41, 5.74) is 9.40. The van der Waals surface area contributed by atoms with Crippen molar-refractivity contribution in [2.24, 2.45) is 5.10 Å². The number of hydrogen-bond acceptors (Lipinski definition) is 3. The third-order valence-electron chi connectivity index (χ3n) is 2.66. The highest BCUT2D eigenvalue weighted by Crippen LogP contribution is 2.31. The number of carbonyl (C=O) groups is 1. The number of amides is 1. The maximum Gasteiger partial charge on any atom is 0.337 e. The molecule has 0 aliphatic heterocycles. The summed E-state index contributed by atoms with van der Waals surface area (Å²) < 4.78 is 0. The first kappa shape index (κ1) is 15.6. The SMILES string of the molecule is C/C(=N\NC(=O)c1[nH+]c(Cl)c(Cl)c(N)c1Cl)c1ccc[nH]1. The average Bonchev–Trinajstić information content (AvgIpc) is 3.00. The largest absolute Gasteiger partial charge is 0.396 e. The molecule has 0 aromatic carbocycles. The lowest BCUT2D eigenvalue weighted by atomic mass is 10.3. The van der Waals surface area contributed by atoms with Crippen molar-refractivity contribution in [1.29, 1.82) is 0 Å². The highest BCUT2D eigenvalue weighted by Gasteiger charge is 2.25. The first-order valence-corrected chi connectivity index (χ1v) is 6.88. The zero-order valence-electron chi connectivity index (χ0n) is 10.8. The number of hydrazone groups is 1. The lowest BCUT2D eigenvalue weighted by molar-refractivity contribution is -0.379. The van der Waals surface area contributed by atoms with Crippen LogP contribution in [0.25, 0.3) is 0 Å². The minimum atomic E-state index is -0.587. The van der Waals surface area contributed by atoms with Crippen LogP contribution in [0.5, 0.6) is 0 Å². The van der Waals surface area contributed by atoms with Crippen LogP contribution in [-0.2, 0) is 0 Å². The second kappa shape index (κ2) is 6.34. The minimum Gasteiger partial charge on any atom is -0.396 e. The fourth-order valence-corrected chi connectivity index (χ4v) is 2.15. The van der Waals surface area contributed by atoms with Crippen LogP contribution in [0, 0.1) is 0 Å². The Morgan fingerprint density at radius 1 is 1.38 bits per heavy atom. The molecule has 2 heterocycles. The molecule has 0 aliphatic carbocycles. The Morgan fingerprint density at radius 3 is 2.71 bits per heavy atom. The number of carbonyl (C=O) groups excluding carboxylic acids is 1. The van der Waals surface area contributed by atoms with E-state index in [2.05, 4.69) is 20.5 Å². The Kier molecular flexibility index (Phi) is 4.72. The third kappa shape index (κ3) is 3.29. The topological polar surface area (TPSA) is 97.4 Å². The minimum absolute atomic E-state index is 0.0189. The molecule has 0 fully saturated rings. The summed E-state index contributed by atoms with van der Waals surface area (Å²) >= 11 is 17.6. The Bertz CT molecular complexity index is 712. The van der Waals surface area contributed by atoms with Crippen LogP contribution in [0.15, 0.2) is 23.4 Å². The first-order chi connectivity index (χ1) is 9.91. The molecule has 6 nitrogen and oxygen atoms in total. The molecule has 9 heteroatoms. The van der Waals surface area contributed by atoms with Gasteiger partial charge < -0.3 is 10.7 Å². The van der Waals surface area contributed by atoms with Crippen LogP contribution in [0.3, 0.4) is 0 Å². The maximum atomic E-state index is 12.1. The lowest BCUT2D eigenvalue weighted by Crippen LogP contribution is -2.29. The number of nitrogens with two attached hydrogens (primary N) is 1. The molecule has 0 unspecified atom stereocenters. The van der Waals surface area contributed by atoms with E-state index in [0.717, 1.165) is 5.69 Å². The van der Waals surface area contributed by atoms with E-state index < -0.39 is 5.91 Å². The van der Waals surface area contributed by atoms with Gasteiger partial charge in [-0.15, -0.1) is 0 Å². The average molecular weight is 348 g/mol.